The number of halogens is 1. The van der Waals surface area contributed by atoms with Crippen LogP contribution in [0.25, 0.3) is 6.08 Å². The molecule has 0 aliphatic rings. The molecule has 80 valence electrons. The van der Waals surface area contributed by atoms with Crippen molar-refractivity contribution in [2.24, 2.45) is 0 Å². The lowest BCUT2D eigenvalue weighted by Crippen LogP contribution is -2.03. The van der Waals surface area contributed by atoms with Crippen molar-refractivity contribution in [2.45, 2.75) is 6.42 Å². The smallest absolute Gasteiger partial charge is 0.338 e. The lowest BCUT2D eigenvalue weighted by Gasteiger charge is -1.99. The number of aliphatic hydroxyl groups excluding tert-OH is 1. The summed E-state index contributed by atoms with van der Waals surface area (Å²) in [5, 5.41) is 17.1. The van der Waals surface area contributed by atoms with E-state index >= 15 is 0 Å². The highest BCUT2D eigenvalue weighted by molar-refractivity contribution is 5.88. The summed E-state index contributed by atoms with van der Waals surface area (Å²) in [6, 6.07) is 1.10. The minimum atomic E-state index is -1.33. The molecule has 1 aromatic heterocycles. The molecule has 0 fully saturated rings. The van der Waals surface area contributed by atoms with E-state index in [9.17, 15) is 9.18 Å². The van der Waals surface area contributed by atoms with Gasteiger partial charge in [-0.3, -0.25) is 4.98 Å². The largest absolute Gasteiger partial charge is 0.478 e. The van der Waals surface area contributed by atoms with Crippen LogP contribution in [0.2, 0.25) is 0 Å². The number of aromatic nitrogens is 1. The van der Waals surface area contributed by atoms with Crippen LogP contribution in [0.4, 0.5) is 4.39 Å². The van der Waals surface area contributed by atoms with Gasteiger partial charge in [0.15, 0.2) is 5.82 Å². The molecule has 5 heteroatoms. The van der Waals surface area contributed by atoms with Crippen LogP contribution in [-0.4, -0.2) is 27.8 Å². The zero-order valence-electron chi connectivity index (χ0n) is 7.85. The molecule has 1 aromatic rings. The maximum atomic E-state index is 13.4. The Morgan fingerprint density at radius 2 is 2.33 bits per heavy atom. The molecular formula is C10H10FNO3. The zero-order chi connectivity index (χ0) is 11.3. The molecular weight excluding hydrogens is 201 g/mol. The second kappa shape index (κ2) is 5.21. The second-order valence-electron chi connectivity index (χ2n) is 2.78. The van der Waals surface area contributed by atoms with Gasteiger partial charge in [0, 0.05) is 12.8 Å². The van der Waals surface area contributed by atoms with Gasteiger partial charge in [-0.05, 0) is 18.6 Å². The lowest BCUT2D eigenvalue weighted by molar-refractivity contribution is 0.0691. The molecule has 0 aliphatic heterocycles. The van der Waals surface area contributed by atoms with Crippen molar-refractivity contribution in [2.75, 3.05) is 6.61 Å². The number of hydrogen-bond donors (Lipinski definition) is 2. The fourth-order valence-corrected chi connectivity index (χ4v) is 1.01. The predicted octanol–water partition coefficient (Wildman–Crippen LogP) is 1.31. The van der Waals surface area contributed by atoms with E-state index in [0.717, 1.165) is 6.07 Å². The summed E-state index contributed by atoms with van der Waals surface area (Å²) >= 11 is 0. The van der Waals surface area contributed by atoms with Crippen molar-refractivity contribution in [1.82, 2.24) is 4.98 Å². The molecule has 0 saturated carbocycles. The van der Waals surface area contributed by atoms with Gasteiger partial charge in [0.1, 0.15) is 0 Å². The molecule has 0 unspecified atom stereocenters. The fraction of sp³-hybridized carbons (Fsp3) is 0.200. The molecule has 0 amide bonds. The number of carboxylic acid groups (broad SMARTS) is 1. The molecule has 0 atom stereocenters. The molecule has 0 spiro atoms. The van der Waals surface area contributed by atoms with Gasteiger partial charge in [0.05, 0.1) is 11.3 Å². The van der Waals surface area contributed by atoms with Crippen molar-refractivity contribution in [1.29, 1.82) is 0 Å². The Labute approximate surface area is 85.7 Å². The van der Waals surface area contributed by atoms with Gasteiger partial charge >= 0.3 is 5.97 Å². The summed E-state index contributed by atoms with van der Waals surface area (Å²) in [6.07, 6.45) is 4.47. The van der Waals surface area contributed by atoms with E-state index in [2.05, 4.69) is 4.98 Å². The Hall–Kier alpha value is -1.75. The zero-order valence-corrected chi connectivity index (χ0v) is 7.85. The molecule has 1 heterocycles. The minimum Gasteiger partial charge on any atom is -0.478 e. The molecule has 0 radical (unpaired) electrons. The number of carbonyl (C=O) groups is 1. The third-order valence-corrected chi connectivity index (χ3v) is 1.72. The van der Waals surface area contributed by atoms with Gasteiger partial charge in [-0.15, -0.1) is 0 Å². The van der Waals surface area contributed by atoms with Gasteiger partial charge in [-0.1, -0.05) is 6.08 Å². The normalized spacial score (nSPS) is 10.8. The first-order valence-corrected chi connectivity index (χ1v) is 4.32. The van der Waals surface area contributed by atoms with Gasteiger partial charge in [-0.2, -0.15) is 0 Å². The van der Waals surface area contributed by atoms with E-state index in [1.165, 1.54) is 18.3 Å². The van der Waals surface area contributed by atoms with Gasteiger partial charge in [0.2, 0.25) is 0 Å². The van der Waals surface area contributed by atoms with E-state index in [0.29, 0.717) is 6.42 Å². The molecule has 1 rings (SSSR count). The van der Waals surface area contributed by atoms with Crippen LogP contribution in [0.5, 0.6) is 0 Å². The van der Waals surface area contributed by atoms with E-state index in [1.54, 1.807) is 0 Å². The Kier molecular flexibility index (Phi) is 3.93. The number of rotatable bonds is 4. The van der Waals surface area contributed by atoms with Gasteiger partial charge in [0.25, 0.3) is 0 Å². The third kappa shape index (κ3) is 2.85. The highest BCUT2D eigenvalue weighted by atomic mass is 19.1. The van der Waals surface area contributed by atoms with Crippen molar-refractivity contribution in [3.8, 4) is 0 Å². The number of hydrogen-bond acceptors (Lipinski definition) is 3. The SMILES string of the molecule is O=C(O)c1ccnc(C=CCCO)c1F. The third-order valence-electron chi connectivity index (χ3n) is 1.72. The summed E-state index contributed by atoms with van der Waals surface area (Å²) < 4.78 is 13.4. The van der Waals surface area contributed by atoms with Crippen LogP contribution in [0.1, 0.15) is 22.5 Å². The monoisotopic (exact) mass is 211 g/mol. The Balaban J connectivity index is 2.99. The predicted molar refractivity (Wildman–Crippen MR) is 51.9 cm³/mol. The van der Waals surface area contributed by atoms with Crippen LogP contribution in [-0.2, 0) is 0 Å². The first-order valence-electron chi connectivity index (χ1n) is 4.32. The number of pyridine rings is 1. The Bertz CT molecular complexity index is 390. The number of nitrogens with zero attached hydrogens (tertiary/aromatic N) is 1. The molecule has 2 N–H and O–H groups in total. The molecule has 4 nitrogen and oxygen atoms in total. The van der Waals surface area contributed by atoms with Gasteiger partial charge in [-0.25, -0.2) is 9.18 Å². The van der Waals surface area contributed by atoms with E-state index in [4.69, 9.17) is 10.2 Å². The number of carboxylic acids is 1. The van der Waals surface area contributed by atoms with E-state index in [-0.39, 0.29) is 12.3 Å². The van der Waals surface area contributed by atoms with Crippen molar-refractivity contribution in [3.05, 3.63) is 35.4 Å². The van der Waals surface area contributed by atoms with Crippen molar-refractivity contribution >= 4 is 12.0 Å². The van der Waals surface area contributed by atoms with Crippen LogP contribution in [0.3, 0.4) is 0 Å². The number of aromatic carboxylic acids is 1. The summed E-state index contributed by atoms with van der Waals surface area (Å²) in [5.41, 5.74) is -0.447. The molecule has 0 bridgehead atoms. The van der Waals surface area contributed by atoms with Crippen LogP contribution >= 0.6 is 0 Å². The quantitative estimate of drug-likeness (QED) is 0.787. The topological polar surface area (TPSA) is 70.4 Å². The minimum absolute atomic E-state index is 0.0386. The maximum Gasteiger partial charge on any atom is 0.338 e. The van der Waals surface area contributed by atoms with Crippen LogP contribution in [0.15, 0.2) is 18.3 Å². The number of aliphatic hydroxyl groups is 1. The highest BCUT2D eigenvalue weighted by Crippen LogP contribution is 2.11. The summed E-state index contributed by atoms with van der Waals surface area (Å²) in [4.78, 5) is 14.3. The average Bonchev–Trinajstić information content (AvgIpc) is 2.20. The molecule has 0 saturated heterocycles. The van der Waals surface area contributed by atoms with Crippen molar-refractivity contribution < 1.29 is 19.4 Å². The summed E-state index contributed by atoms with van der Waals surface area (Å²) in [5.74, 6) is -2.19. The van der Waals surface area contributed by atoms with Gasteiger partial charge < -0.3 is 10.2 Å². The van der Waals surface area contributed by atoms with Crippen LogP contribution < -0.4 is 0 Å². The second-order valence-corrected chi connectivity index (χ2v) is 2.78. The highest BCUT2D eigenvalue weighted by Gasteiger charge is 2.12. The lowest BCUT2D eigenvalue weighted by atomic mass is 10.2. The first-order chi connectivity index (χ1) is 7.16. The first kappa shape index (κ1) is 11.3. The summed E-state index contributed by atoms with van der Waals surface area (Å²) in [6.45, 7) is -0.0449. The average molecular weight is 211 g/mol. The fourth-order valence-electron chi connectivity index (χ4n) is 1.01. The Morgan fingerprint density at radius 3 is 2.93 bits per heavy atom. The molecule has 15 heavy (non-hydrogen) atoms. The van der Waals surface area contributed by atoms with E-state index < -0.39 is 17.3 Å². The van der Waals surface area contributed by atoms with Crippen molar-refractivity contribution in [3.63, 3.8) is 0 Å². The maximum absolute atomic E-state index is 13.4. The molecule has 0 aliphatic carbocycles. The van der Waals surface area contributed by atoms with E-state index in [1.807, 2.05) is 0 Å². The Morgan fingerprint density at radius 1 is 1.60 bits per heavy atom. The standard InChI is InChI=1S/C10H10FNO3/c11-9-7(10(14)15)4-5-12-8(9)3-1-2-6-13/h1,3-5,13H,2,6H2,(H,14,15). The summed E-state index contributed by atoms with van der Waals surface area (Å²) in [7, 11) is 0. The molecule has 0 aromatic carbocycles. The van der Waals surface area contributed by atoms with Crippen LogP contribution in [0, 0.1) is 5.82 Å².